The van der Waals surface area contributed by atoms with Crippen molar-refractivity contribution in [1.82, 2.24) is 9.79 Å². The zero-order valence-corrected chi connectivity index (χ0v) is 13.8. The van der Waals surface area contributed by atoms with E-state index in [0.29, 0.717) is 25.1 Å². The van der Waals surface area contributed by atoms with E-state index in [9.17, 15) is 13.2 Å². The zero-order valence-electron chi connectivity index (χ0n) is 13.0. The number of rotatable bonds is 4. The van der Waals surface area contributed by atoms with Crippen LogP contribution in [0.15, 0.2) is 48.5 Å². The minimum Gasteiger partial charge on any atom is -0.288 e. The lowest BCUT2D eigenvalue weighted by Crippen LogP contribution is -2.37. The van der Waals surface area contributed by atoms with Crippen molar-refractivity contribution in [1.29, 1.82) is 0 Å². The van der Waals surface area contributed by atoms with Crippen molar-refractivity contribution in [2.45, 2.75) is 18.7 Å². The SMILES string of the molecule is O=C(NO)c1ccccc1CS(=O)(=O)N1CCc2ccccc2C1. The van der Waals surface area contributed by atoms with Gasteiger partial charge in [-0.3, -0.25) is 10.0 Å². The molecule has 0 atom stereocenters. The number of hydrogen-bond donors (Lipinski definition) is 2. The summed E-state index contributed by atoms with van der Waals surface area (Å²) < 4.78 is 27.0. The highest BCUT2D eigenvalue weighted by atomic mass is 32.2. The van der Waals surface area contributed by atoms with E-state index in [1.807, 2.05) is 24.3 Å². The van der Waals surface area contributed by atoms with Crippen LogP contribution < -0.4 is 5.48 Å². The lowest BCUT2D eigenvalue weighted by molar-refractivity contribution is 0.0705. The van der Waals surface area contributed by atoms with Crippen molar-refractivity contribution >= 4 is 15.9 Å². The highest BCUT2D eigenvalue weighted by Crippen LogP contribution is 2.23. The first kappa shape index (κ1) is 16.6. The van der Waals surface area contributed by atoms with E-state index in [2.05, 4.69) is 0 Å². The minimum absolute atomic E-state index is 0.154. The van der Waals surface area contributed by atoms with Gasteiger partial charge in [-0.2, -0.15) is 4.31 Å². The number of sulfonamides is 1. The van der Waals surface area contributed by atoms with Gasteiger partial charge >= 0.3 is 0 Å². The Kier molecular flexibility index (Phi) is 4.66. The molecule has 1 amide bonds. The Balaban J connectivity index is 1.84. The molecule has 0 radical (unpaired) electrons. The van der Waals surface area contributed by atoms with E-state index in [0.717, 1.165) is 5.56 Å². The van der Waals surface area contributed by atoms with Gasteiger partial charge in [0.15, 0.2) is 0 Å². The van der Waals surface area contributed by atoms with Gasteiger partial charge in [0.25, 0.3) is 5.91 Å². The third kappa shape index (κ3) is 3.33. The normalized spacial score (nSPS) is 14.9. The second-order valence-electron chi connectivity index (χ2n) is 5.71. The van der Waals surface area contributed by atoms with Gasteiger partial charge in [0.1, 0.15) is 0 Å². The van der Waals surface area contributed by atoms with E-state index >= 15 is 0 Å². The molecule has 0 spiro atoms. The first-order valence-corrected chi connectivity index (χ1v) is 9.19. The molecule has 3 rings (SSSR count). The van der Waals surface area contributed by atoms with Crippen LogP contribution >= 0.6 is 0 Å². The van der Waals surface area contributed by atoms with Gasteiger partial charge in [-0.25, -0.2) is 13.9 Å². The molecule has 0 aromatic heterocycles. The van der Waals surface area contributed by atoms with Gasteiger partial charge in [-0.15, -0.1) is 0 Å². The smallest absolute Gasteiger partial charge is 0.274 e. The maximum Gasteiger partial charge on any atom is 0.274 e. The molecule has 1 aliphatic heterocycles. The summed E-state index contributed by atoms with van der Waals surface area (Å²) >= 11 is 0. The van der Waals surface area contributed by atoms with E-state index in [1.54, 1.807) is 23.7 Å². The summed E-state index contributed by atoms with van der Waals surface area (Å²) in [5.74, 6) is -0.997. The van der Waals surface area contributed by atoms with Crippen LogP contribution in [-0.4, -0.2) is 30.4 Å². The maximum atomic E-state index is 12.8. The molecule has 2 aromatic rings. The molecular weight excluding hydrogens is 328 g/mol. The first-order valence-electron chi connectivity index (χ1n) is 7.58. The lowest BCUT2D eigenvalue weighted by atomic mass is 10.0. The molecule has 2 N–H and O–H groups in total. The third-order valence-electron chi connectivity index (χ3n) is 4.19. The standard InChI is InChI=1S/C17H18N2O4S/c20-17(18-21)16-8-4-3-7-15(16)12-24(22,23)19-10-9-13-5-1-2-6-14(13)11-19/h1-8,21H,9-12H2,(H,18,20). The van der Waals surface area contributed by atoms with E-state index in [4.69, 9.17) is 5.21 Å². The molecule has 2 aromatic carbocycles. The number of carbonyl (C=O) groups is 1. The van der Waals surface area contributed by atoms with Gasteiger partial charge < -0.3 is 0 Å². The van der Waals surface area contributed by atoms with Gasteiger partial charge in [0.2, 0.25) is 10.0 Å². The zero-order chi connectivity index (χ0) is 17.2. The van der Waals surface area contributed by atoms with Crippen molar-refractivity contribution in [2.75, 3.05) is 6.54 Å². The van der Waals surface area contributed by atoms with E-state index in [-0.39, 0.29) is 11.3 Å². The molecule has 0 unspecified atom stereocenters. The highest BCUT2D eigenvalue weighted by Gasteiger charge is 2.28. The molecule has 24 heavy (non-hydrogen) atoms. The van der Waals surface area contributed by atoms with Crippen LogP contribution in [0.1, 0.15) is 27.0 Å². The highest BCUT2D eigenvalue weighted by molar-refractivity contribution is 7.88. The van der Waals surface area contributed by atoms with Crippen LogP contribution in [0.2, 0.25) is 0 Å². The lowest BCUT2D eigenvalue weighted by Gasteiger charge is -2.28. The second-order valence-corrected chi connectivity index (χ2v) is 7.68. The van der Waals surface area contributed by atoms with Crippen LogP contribution in [0.4, 0.5) is 0 Å². The summed E-state index contributed by atoms with van der Waals surface area (Å²) in [6.45, 7) is 0.764. The summed E-state index contributed by atoms with van der Waals surface area (Å²) in [6.07, 6.45) is 0.675. The molecule has 126 valence electrons. The molecule has 1 aliphatic rings. The Morgan fingerprint density at radius 1 is 1.08 bits per heavy atom. The fraction of sp³-hybridized carbons (Fsp3) is 0.235. The molecule has 0 aliphatic carbocycles. The Morgan fingerprint density at radius 3 is 2.50 bits per heavy atom. The molecule has 0 saturated carbocycles. The summed E-state index contributed by atoms with van der Waals surface area (Å²) in [5, 5.41) is 8.81. The van der Waals surface area contributed by atoms with Crippen LogP contribution in [0.5, 0.6) is 0 Å². The van der Waals surface area contributed by atoms with E-state index in [1.165, 1.54) is 15.9 Å². The van der Waals surface area contributed by atoms with Crippen LogP contribution in [0.3, 0.4) is 0 Å². The van der Waals surface area contributed by atoms with Gasteiger partial charge in [-0.1, -0.05) is 42.5 Å². The second kappa shape index (κ2) is 6.72. The Bertz CT molecular complexity index is 864. The molecule has 0 fully saturated rings. The summed E-state index contributed by atoms with van der Waals surface area (Å²) in [4.78, 5) is 11.7. The van der Waals surface area contributed by atoms with Gasteiger partial charge in [0.05, 0.1) is 5.75 Å². The largest absolute Gasteiger partial charge is 0.288 e. The van der Waals surface area contributed by atoms with Crippen molar-refractivity contribution in [2.24, 2.45) is 0 Å². The van der Waals surface area contributed by atoms with Crippen LogP contribution in [0.25, 0.3) is 0 Å². The third-order valence-corrected chi connectivity index (χ3v) is 5.96. The minimum atomic E-state index is -3.57. The summed E-state index contributed by atoms with van der Waals surface area (Å²) in [6, 6.07) is 14.2. The quantitative estimate of drug-likeness (QED) is 0.652. The summed E-state index contributed by atoms with van der Waals surface area (Å²) in [5.41, 5.74) is 4.25. The topological polar surface area (TPSA) is 86.7 Å². The number of fused-ring (bicyclic) bond motifs is 1. The molecule has 6 nitrogen and oxygen atoms in total. The van der Waals surface area contributed by atoms with E-state index < -0.39 is 15.9 Å². The Hall–Kier alpha value is -2.22. The maximum absolute atomic E-state index is 12.8. The van der Waals surface area contributed by atoms with Crippen molar-refractivity contribution in [3.05, 3.63) is 70.8 Å². The average molecular weight is 346 g/mol. The molecular formula is C17H18N2O4S. The first-order chi connectivity index (χ1) is 11.5. The number of carbonyl (C=O) groups excluding carboxylic acids is 1. The Morgan fingerprint density at radius 2 is 1.75 bits per heavy atom. The number of amides is 1. The molecule has 7 heteroatoms. The average Bonchev–Trinajstić information content (AvgIpc) is 2.60. The molecule has 0 bridgehead atoms. The number of benzene rings is 2. The number of nitrogens with zero attached hydrogens (tertiary/aromatic N) is 1. The number of hydroxylamine groups is 1. The van der Waals surface area contributed by atoms with Crippen molar-refractivity contribution < 1.29 is 18.4 Å². The van der Waals surface area contributed by atoms with Gasteiger partial charge in [0, 0.05) is 18.7 Å². The monoisotopic (exact) mass is 346 g/mol. The fourth-order valence-corrected chi connectivity index (χ4v) is 4.46. The fourth-order valence-electron chi connectivity index (χ4n) is 2.92. The number of hydrogen-bond acceptors (Lipinski definition) is 4. The van der Waals surface area contributed by atoms with Crippen molar-refractivity contribution in [3.63, 3.8) is 0 Å². The summed E-state index contributed by atoms with van der Waals surface area (Å²) in [7, 11) is -3.57. The Labute approximate surface area is 140 Å². The predicted molar refractivity (Wildman–Crippen MR) is 88.9 cm³/mol. The van der Waals surface area contributed by atoms with Crippen molar-refractivity contribution in [3.8, 4) is 0 Å². The molecule has 0 saturated heterocycles. The van der Waals surface area contributed by atoms with Crippen LogP contribution in [-0.2, 0) is 28.7 Å². The number of nitrogens with one attached hydrogen (secondary N) is 1. The molecule has 1 heterocycles. The van der Waals surface area contributed by atoms with Gasteiger partial charge in [-0.05, 0) is 29.2 Å². The van der Waals surface area contributed by atoms with Crippen LogP contribution in [0, 0.1) is 0 Å². The predicted octanol–water partition coefficient (Wildman–Crippen LogP) is 1.69.